The summed E-state index contributed by atoms with van der Waals surface area (Å²) in [5.74, 6) is 1.48. The molecule has 4 aromatic carbocycles. The molecule has 0 radical (unpaired) electrons. The van der Waals surface area contributed by atoms with Crippen molar-refractivity contribution in [2.45, 2.75) is 91.9 Å². The smallest absolute Gasteiger partial charge is 0.00616 e. The number of hydrogen-bond acceptors (Lipinski definition) is 0. The molecule has 0 nitrogen and oxygen atoms in total. The average molecular weight is 525 g/mol. The summed E-state index contributed by atoms with van der Waals surface area (Å²) in [6.45, 7) is 18.6. The normalized spacial score (nSPS) is 26.3. The summed E-state index contributed by atoms with van der Waals surface area (Å²) in [5, 5.41) is 0. The fraction of sp³-hybridized carbons (Fsp3) is 0.400. The van der Waals surface area contributed by atoms with Crippen LogP contribution in [0, 0.1) is 53.4 Å². The van der Waals surface area contributed by atoms with Gasteiger partial charge < -0.3 is 0 Å². The molecule has 40 heavy (non-hydrogen) atoms. The fourth-order valence-electron chi connectivity index (χ4n) is 10.4. The van der Waals surface area contributed by atoms with Crippen molar-refractivity contribution in [1.82, 2.24) is 0 Å². The fourth-order valence-corrected chi connectivity index (χ4v) is 10.4. The Hall–Kier alpha value is -3.12. The average Bonchev–Trinajstić information content (AvgIpc) is 3.31. The van der Waals surface area contributed by atoms with Crippen LogP contribution in [0.25, 0.3) is 33.4 Å². The number of fused-ring (bicyclic) bond motifs is 3. The maximum Gasteiger partial charge on any atom is 0.00616 e. The third kappa shape index (κ3) is 3.44. The second-order valence-corrected chi connectivity index (χ2v) is 14.3. The van der Waals surface area contributed by atoms with Crippen molar-refractivity contribution >= 4 is 0 Å². The molecule has 3 aliphatic carbocycles. The second-order valence-electron chi connectivity index (χ2n) is 14.3. The monoisotopic (exact) mass is 524 g/mol. The van der Waals surface area contributed by atoms with Crippen LogP contribution >= 0.6 is 0 Å². The van der Waals surface area contributed by atoms with E-state index in [0.717, 1.165) is 11.8 Å². The molecule has 0 bridgehead atoms. The molecule has 0 aliphatic heterocycles. The first-order valence-corrected chi connectivity index (χ1v) is 15.5. The molecule has 3 aliphatic rings. The largest absolute Gasteiger partial charge is 0.0624 e. The van der Waals surface area contributed by atoms with E-state index in [9.17, 15) is 0 Å². The van der Waals surface area contributed by atoms with E-state index in [4.69, 9.17) is 0 Å². The predicted molar refractivity (Wildman–Crippen MR) is 171 cm³/mol. The molecular weight excluding hydrogens is 480 g/mol. The lowest BCUT2D eigenvalue weighted by Crippen LogP contribution is -2.43. The van der Waals surface area contributed by atoms with Crippen molar-refractivity contribution in [3.05, 3.63) is 105 Å². The van der Waals surface area contributed by atoms with Gasteiger partial charge in [-0.25, -0.2) is 0 Å². The Morgan fingerprint density at radius 1 is 0.475 bits per heavy atom. The Kier molecular flexibility index (Phi) is 5.61. The Bertz CT molecular complexity index is 1510. The first kappa shape index (κ1) is 25.8. The maximum absolute atomic E-state index is 2.63. The van der Waals surface area contributed by atoms with Crippen molar-refractivity contribution in [3.8, 4) is 33.4 Å². The number of benzene rings is 4. The molecule has 204 valence electrons. The minimum atomic E-state index is 0.229. The van der Waals surface area contributed by atoms with Gasteiger partial charge in [0.25, 0.3) is 0 Å². The highest BCUT2D eigenvalue weighted by Gasteiger charge is 2.65. The summed E-state index contributed by atoms with van der Waals surface area (Å²) in [7, 11) is 0. The molecule has 4 aromatic rings. The quantitative estimate of drug-likeness (QED) is 0.245. The van der Waals surface area contributed by atoms with Crippen LogP contribution in [0.2, 0.25) is 0 Å². The van der Waals surface area contributed by atoms with Gasteiger partial charge >= 0.3 is 0 Å². The van der Waals surface area contributed by atoms with Gasteiger partial charge in [-0.3, -0.25) is 0 Å². The summed E-state index contributed by atoms with van der Waals surface area (Å²) in [5.41, 5.74) is 20.7. The standard InChI is InChI=1S/C40H44/c1-23-13-27(5)37(28(6)14-23)31-9-11-33-34-12-10-32(38-29(7)15-24(2)16-30(38)8)18-36(34)40-21-25(3)19-39(40,35(33)17-31)20-26(4)22-40/h9-18,25-26H,19-22H2,1-8H3. The van der Waals surface area contributed by atoms with Crippen molar-refractivity contribution in [1.29, 1.82) is 0 Å². The topological polar surface area (TPSA) is 0 Å². The highest BCUT2D eigenvalue weighted by atomic mass is 14.7. The molecule has 0 heterocycles. The molecule has 0 N–H and O–H groups in total. The van der Waals surface area contributed by atoms with Crippen molar-refractivity contribution in [2.24, 2.45) is 11.8 Å². The van der Waals surface area contributed by atoms with Crippen molar-refractivity contribution in [2.75, 3.05) is 0 Å². The molecule has 0 heteroatoms. The summed E-state index contributed by atoms with van der Waals surface area (Å²) in [4.78, 5) is 0. The molecule has 2 saturated carbocycles. The van der Waals surface area contributed by atoms with Crippen molar-refractivity contribution in [3.63, 3.8) is 0 Å². The highest BCUT2D eigenvalue weighted by molar-refractivity contribution is 5.86. The molecule has 0 amide bonds. The van der Waals surface area contributed by atoms with Crippen LogP contribution in [0.5, 0.6) is 0 Å². The zero-order chi connectivity index (χ0) is 28.1. The maximum atomic E-state index is 2.63. The van der Waals surface area contributed by atoms with E-state index in [0.29, 0.717) is 0 Å². The van der Waals surface area contributed by atoms with Crippen LogP contribution in [-0.2, 0) is 10.8 Å². The highest BCUT2D eigenvalue weighted by Crippen LogP contribution is 2.71. The third-order valence-corrected chi connectivity index (χ3v) is 11.0. The molecule has 0 spiro atoms. The van der Waals surface area contributed by atoms with Gasteiger partial charge in [0.2, 0.25) is 0 Å². The number of rotatable bonds is 2. The second kappa shape index (κ2) is 8.69. The van der Waals surface area contributed by atoms with Gasteiger partial charge in [0.05, 0.1) is 0 Å². The van der Waals surface area contributed by atoms with E-state index in [2.05, 4.69) is 116 Å². The Morgan fingerprint density at radius 3 is 1.12 bits per heavy atom. The summed E-state index contributed by atoms with van der Waals surface area (Å²) in [6, 6.07) is 24.5. The van der Waals surface area contributed by atoms with E-state index in [1.165, 1.54) is 92.4 Å². The van der Waals surface area contributed by atoms with Gasteiger partial charge in [-0.15, -0.1) is 0 Å². The molecule has 0 aromatic heterocycles. The zero-order valence-corrected chi connectivity index (χ0v) is 25.8. The van der Waals surface area contributed by atoms with Gasteiger partial charge in [0, 0.05) is 10.8 Å². The van der Waals surface area contributed by atoms with Crippen LogP contribution in [-0.4, -0.2) is 0 Å². The van der Waals surface area contributed by atoms with Gasteiger partial charge in [-0.05, 0) is 158 Å². The van der Waals surface area contributed by atoms with E-state index in [1.54, 1.807) is 11.1 Å². The molecule has 0 saturated heterocycles. The summed E-state index contributed by atoms with van der Waals surface area (Å²) in [6.07, 6.45) is 5.25. The zero-order valence-electron chi connectivity index (χ0n) is 25.8. The van der Waals surface area contributed by atoms with Crippen LogP contribution in [0.1, 0.15) is 84.0 Å². The Balaban J connectivity index is 1.51. The Labute approximate surface area is 241 Å². The minimum absolute atomic E-state index is 0.229. The van der Waals surface area contributed by atoms with E-state index in [1.807, 2.05) is 0 Å². The van der Waals surface area contributed by atoms with E-state index in [-0.39, 0.29) is 10.8 Å². The van der Waals surface area contributed by atoms with E-state index < -0.39 is 0 Å². The predicted octanol–water partition coefficient (Wildman–Crippen LogP) is 10.9. The van der Waals surface area contributed by atoms with Crippen LogP contribution in [0.4, 0.5) is 0 Å². The third-order valence-electron chi connectivity index (χ3n) is 11.0. The summed E-state index contributed by atoms with van der Waals surface area (Å²) < 4.78 is 0. The lowest BCUT2D eigenvalue weighted by Gasteiger charge is -2.48. The first-order chi connectivity index (χ1) is 19.0. The van der Waals surface area contributed by atoms with Crippen molar-refractivity contribution < 1.29 is 0 Å². The van der Waals surface area contributed by atoms with Gasteiger partial charge in [-0.1, -0.05) is 73.5 Å². The molecule has 7 rings (SSSR count). The van der Waals surface area contributed by atoms with Gasteiger partial charge in [0.15, 0.2) is 0 Å². The number of aryl methyl sites for hydroxylation is 6. The van der Waals surface area contributed by atoms with E-state index >= 15 is 0 Å². The van der Waals surface area contributed by atoms with Gasteiger partial charge in [0.1, 0.15) is 0 Å². The van der Waals surface area contributed by atoms with Crippen LogP contribution < -0.4 is 0 Å². The SMILES string of the molecule is Cc1cc(C)c(-c2ccc3c(c2)C24CC(C)CC2(CC(C)C4)c2cc(-c4c(C)cc(C)cc4C)ccc2-3)c(C)c1. The first-order valence-electron chi connectivity index (χ1n) is 15.5. The van der Waals surface area contributed by atoms with Crippen LogP contribution in [0.15, 0.2) is 60.7 Å². The lowest BCUT2D eigenvalue weighted by atomic mass is 9.55. The van der Waals surface area contributed by atoms with Crippen LogP contribution in [0.3, 0.4) is 0 Å². The lowest BCUT2D eigenvalue weighted by molar-refractivity contribution is 0.299. The molecule has 2 fully saturated rings. The molecular formula is C40H44. The Morgan fingerprint density at radius 2 is 0.800 bits per heavy atom. The number of hydrogen-bond donors (Lipinski definition) is 0. The molecule has 0 unspecified atom stereocenters. The van der Waals surface area contributed by atoms with Gasteiger partial charge in [-0.2, -0.15) is 0 Å². The minimum Gasteiger partial charge on any atom is -0.0624 e. The summed E-state index contributed by atoms with van der Waals surface area (Å²) >= 11 is 0. The molecule has 0 atom stereocenters.